The van der Waals surface area contributed by atoms with Crippen LogP contribution >= 0.6 is 11.6 Å². The number of halogens is 1. The Kier molecular flexibility index (Phi) is 4.88. The number of amides is 2. The highest BCUT2D eigenvalue weighted by Gasteiger charge is 2.38. The fraction of sp³-hybridized carbons (Fsp3) is 0.400. The van der Waals surface area contributed by atoms with Gasteiger partial charge in [0.05, 0.1) is 11.5 Å². The lowest BCUT2D eigenvalue weighted by Gasteiger charge is -2.26. The van der Waals surface area contributed by atoms with E-state index in [2.05, 4.69) is 0 Å². The van der Waals surface area contributed by atoms with Gasteiger partial charge in [0, 0.05) is 23.9 Å². The molecule has 1 aromatic rings. The number of carbonyl (C=O) groups excluding carboxylic acids is 3. The summed E-state index contributed by atoms with van der Waals surface area (Å²) < 4.78 is 5.49. The molecule has 9 heteroatoms. The summed E-state index contributed by atoms with van der Waals surface area (Å²) in [5.41, 5.74) is -1.85. The molecule has 1 saturated heterocycles. The van der Waals surface area contributed by atoms with Crippen LogP contribution in [0.2, 0.25) is 5.02 Å². The molecule has 8 nitrogen and oxygen atoms in total. The van der Waals surface area contributed by atoms with Crippen LogP contribution in [0.5, 0.6) is 5.75 Å². The van der Waals surface area contributed by atoms with E-state index >= 15 is 0 Å². The van der Waals surface area contributed by atoms with Gasteiger partial charge in [0.15, 0.2) is 17.1 Å². The van der Waals surface area contributed by atoms with Crippen LogP contribution in [0.15, 0.2) is 18.2 Å². The Hall–Kier alpha value is -2.48. The summed E-state index contributed by atoms with van der Waals surface area (Å²) in [5.74, 6) is -1.50. The number of ether oxygens (including phenoxy) is 1. The molecule has 0 atom stereocenters. The smallest absolute Gasteiger partial charge is 0.312 e. The first-order valence-corrected chi connectivity index (χ1v) is 7.49. The van der Waals surface area contributed by atoms with Gasteiger partial charge in [-0.15, -0.1) is 0 Å². The van der Waals surface area contributed by atoms with Gasteiger partial charge in [0.2, 0.25) is 11.8 Å². The Labute approximate surface area is 142 Å². The molecule has 2 amide bonds. The minimum atomic E-state index is -1.47. The second kappa shape index (κ2) is 6.56. The number of benzene rings is 1. The van der Waals surface area contributed by atoms with Gasteiger partial charge in [-0.3, -0.25) is 29.4 Å². The summed E-state index contributed by atoms with van der Waals surface area (Å²) in [6, 6.07) is 3.81. The number of nitro benzene ring substituents is 1. The number of hydrogen-bond donors (Lipinski definition) is 0. The van der Waals surface area contributed by atoms with Crippen LogP contribution in [0.25, 0.3) is 0 Å². The maximum Gasteiger partial charge on any atom is 0.312 e. The number of imide groups is 1. The molecule has 0 aromatic heterocycles. The first kappa shape index (κ1) is 17.9. The van der Waals surface area contributed by atoms with Crippen LogP contribution in [-0.4, -0.2) is 39.6 Å². The molecule has 0 spiro atoms. The molecule has 0 N–H and O–H groups in total. The van der Waals surface area contributed by atoms with E-state index < -0.39 is 34.7 Å². The molecular formula is C15H15ClN2O6. The van der Waals surface area contributed by atoms with E-state index in [9.17, 15) is 24.5 Å². The lowest BCUT2D eigenvalue weighted by Crippen LogP contribution is -2.46. The average Bonchev–Trinajstić information content (AvgIpc) is 2.80. The number of nitro groups is 1. The molecule has 128 valence electrons. The number of rotatable bonds is 6. The SMILES string of the molecule is CC(C)(Oc1ccc(Cl)cc1[N+](=O)[O-])C(=O)CN1C(=O)CCC1=O. The predicted octanol–water partition coefficient (Wildman–Crippen LogP) is 2.12. The van der Waals surface area contributed by atoms with Gasteiger partial charge >= 0.3 is 5.69 Å². The number of likely N-dealkylation sites (tertiary alicyclic amines) is 1. The Morgan fingerprint density at radius 3 is 2.46 bits per heavy atom. The lowest BCUT2D eigenvalue weighted by atomic mass is 10.0. The molecule has 1 aliphatic heterocycles. The number of hydrogen-bond acceptors (Lipinski definition) is 6. The van der Waals surface area contributed by atoms with E-state index in [1.54, 1.807) is 0 Å². The summed E-state index contributed by atoms with van der Waals surface area (Å²) in [5, 5.41) is 11.2. The van der Waals surface area contributed by atoms with Crippen molar-refractivity contribution in [2.75, 3.05) is 6.54 Å². The van der Waals surface area contributed by atoms with Crippen molar-refractivity contribution in [1.82, 2.24) is 4.90 Å². The largest absolute Gasteiger partial charge is 0.473 e. The topological polar surface area (TPSA) is 107 Å². The van der Waals surface area contributed by atoms with Crippen molar-refractivity contribution in [3.05, 3.63) is 33.3 Å². The number of nitrogens with zero attached hydrogens (tertiary/aromatic N) is 2. The quantitative estimate of drug-likeness (QED) is 0.440. The molecule has 0 unspecified atom stereocenters. The van der Waals surface area contributed by atoms with Crippen LogP contribution in [0, 0.1) is 10.1 Å². The van der Waals surface area contributed by atoms with Crippen molar-refractivity contribution >= 4 is 34.9 Å². The predicted molar refractivity (Wildman–Crippen MR) is 83.8 cm³/mol. The van der Waals surface area contributed by atoms with Crippen molar-refractivity contribution in [1.29, 1.82) is 0 Å². The van der Waals surface area contributed by atoms with E-state index in [0.717, 1.165) is 11.0 Å². The minimum Gasteiger partial charge on any atom is -0.473 e. The molecule has 1 aliphatic rings. The number of carbonyl (C=O) groups is 3. The summed E-state index contributed by atoms with van der Waals surface area (Å²) in [6.45, 7) is 2.41. The van der Waals surface area contributed by atoms with Gasteiger partial charge in [-0.1, -0.05) is 11.6 Å². The Bertz CT molecular complexity index is 715. The zero-order valence-electron chi connectivity index (χ0n) is 13.1. The van der Waals surface area contributed by atoms with Crippen molar-refractivity contribution in [2.24, 2.45) is 0 Å². The van der Waals surface area contributed by atoms with E-state index in [1.807, 2.05) is 0 Å². The fourth-order valence-corrected chi connectivity index (χ4v) is 2.35. The van der Waals surface area contributed by atoms with Crippen LogP contribution < -0.4 is 4.74 Å². The third-order valence-corrected chi connectivity index (χ3v) is 3.85. The summed E-state index contributed by atoms with van der Waals surface area (Å²) in [4.78, 5) is 46.9. The molecule has 24 heavy (non-hydrogen) atoms. The molecule has 2 rings (SSSR count). The van der Waals surface area contributed by atoms with Gasteiger partial charge in [0.1, 0.15) is 0 Å². The van der Waals surface area contributed by atoms with Gasteiger partial charge in [0.25, 0.3) is 0 Å². The third kappa shape index (κ3) is 3.70. The fourth-order valence-electron chi connectivity index (χ4n) is 2.18. The maximum atomic E-state index is 12.4. The second-order valence-corrected chi connectivity index (χ2v) is 6.21. The average molecular weight is 355 g/mol. The Morgan fingerprint density at radius 1 is 1.33 bits per heavy atom. The maximum absolute atomic E-state index is 12.4. The van der Waals surface area contributed by atoms with Gasteiger partial charge in [-0.2, -0.15) is 0 Å². The van der Waals surface area contributed by atoms with E-state index in [-0.39, 0.29) is 29.3 Å². The number of ketones is 1. The number of Topliss-reactive ketones (excluding diaryl/α,β-unsaturated/α-hetero) is 1. The monoisotopic (exact) mass is 354 g/mol. The highest BCUT2D eigenvalue weighted by molar-refractivity contribution is 6.30. The first-order chi connectivity index (χ1) is 11.1. The van der Waals surface area contributed by atoms with Gasteiger partial charge < -0.3 is 4.74 Å². The summed E-state index contributed by atoms with van der Waals surface area (Å²) >= 11 is 5.73. The van der Waals surface area contributed by atoms with Crippen LogP contribution in [0.4, 0.5) is 5.69 Å². The minimum absolute atomic E-state index is 0.0794. The van der Waals surface area contributed by atoms with E-state index in [4.69, 9.17) is 16.3 Å². The van der Waals surface area contributed by atoms with Crippen LogP contribution in [0.1, 0.15) is 26.7 Å². The highest BCUT2D eigenvalue weighted by atomic mass is 35.5. The van der Waals surface area contributed by atoms with Gasteiger partial charge in [-0.05, 0) is 26.0 Å². The van der Waals surface area contributed by atoms with Crippen LogP contribution in [0.3, 0.4) is 0 Å². The summed E-state index contributed by atoms with van der Waals surface area (Å²) in [6.07, 6.45) is 0.159. The molecule has 1 fully saturated rings. The molecule has 0 saturated carbocycles. The molecule has 0 radical (unpaired) electrons. The Morgan fingerprint density at radius 2 is 1.92 bits per heavy atom. The van der Waals surface area contributed by atoms with Crippen molar-refractivity contribution < 1.29 is 24.0 Å². The van der Waals surface area contributed by atoms with Crippen molar-refractivity contribution in [3.8, 4) is 5.75 Å². The normalized spacial score (nSPS) is 14.9. The van der Waals surface area contributed by atoms with E-state index in [1.165, 1.54) is 26.0 Å². The second-order valence-electron chi connectivity index (χ2n) is 5.78. The molecule has 1 aromatic carbocycles. The molecule has 0 aliphatic carbocycles. The summed E-state index contributed by atoms with van der Waals surface area (Å²) in [7, 11) is 0. The lowest BCUT2D eigenvalue weighted by molar-refractivity contribution is -0.386. The standard InChI is InChI=1S/C15H15ClN2O6/c1-15(2,12(19)8-17-13(20)5-6-14(17)21)24-11-4-3-9(16)7-10(11)18(22)23/h3-4,7H,5-6,8H2,1-2H3. The van der Waals surface area contributed by atoms with Crippen molar-refractivity contribution in [2.45, 2.75) is 32.3 Å². The molecule has 1 heterocycles. The zero-order chi connectivity index (χ0) is 18.1. The van der Waals surface area contributed by atoms with Crippen LogP contribution in [-0.2, 0) is 14.4 Å². The highest BCUT2D eigenvalue weighted by Crippen LogP contribution is 2.33. The third-order valence-electron chi connectivity index (χ3n) is 3.61. The zero-order valence-corrected chi connectivity index (χ0v) is 13.8. The van der Waals surface area contributed by atoms with Gasteiger partial charge in [-0.25, -0.2) is 0 Å². The van der Waals surface area contributed by atoms with Crippen molar-refractivity contribution in [3.63, 3.8) is 0 Å². The molecule has 0 bridgehead atoms. The Balaban J connectivity index is 2.19. The molecular weight excluding hydrogens is 340 g/mol. The first-order valence-electron chi connectivity index (χ1n) is 7.11. The van der Waals surface area contributed by atoms with E-state index in [0.29, 0.717) is 0 Å².